The molecule has 1 aliphatic rings. The highest BCUT2D eigenvalue weighted by Gasteiger charge is 2.32. The fourth-order valence-electron chi connectivity index (χ4n) is 2.59. The number of pyridine rings is 1. The second-order valence-corrected chi connectivity index (χ2v) is 8.11. The van der Waals surface area contributed by atoms with Gasteiger partial charge < -0.3 is 4.90 Å². The summed E-state index contributed by atoms with van der Waals surface area (Å²) in [6, 6.07) is 10.3. The van der Waals surface area contributed by atoms with Crippen molar-refractivity contribution in [2.45, 2.75) is 16.7 Å². The Labute approximate surface area is 145 Å². The van der Waals surface area contributed by atoms with Gasteiger partial charge in [-0.05, 0) is 30.2 Å². The number of hydrogen-bond acceptors (Lipinski definition) is 5. The Kier molecular flexibility index (Phi) is 4.88. The van der Waals surface area contributed by atoms with E-state index in [4.69, 9.17) is 5.14 Å². The molecule has 0 saturated carbocycles. The van der Waals surface area contributed by atoms with Crippen molar-refractivity contribution in [3.8, 4) is 0 Å². The lowest BCUT2D eigenvalue weighted by molar-refractivity contribution is -0.128. The van der Waals surface area contributed by atoms with E-state index in [0.29, 0.717) is 18.7 Å². The molecule has 2 aromatic rings. The Morgan fingerprint density at radius 3 is 2.62 bits per heavy atom. The monoisotopic (exact) mass is 363 g/mol. The van der Waals surface area contributed by atoms with Gasteiger partial charge in [0.25, 0.3) is 0 Å². The molecule has 1 atom stereocenters. The molecular weight excluding hydrogens is 346 g/mol. The Bertz CT molecular complexity index is 823. The predicted molar refractivity (Wildman–Crippen MR) is 92.7 cm³/mol. The predicted octanol–water partition coefficient (Wildman–Crippen LogP) is 1.55. The zero-order valence-electron chi connectivity index (χ0n) is 12.8. The zero-order chi connectivity index (χ0) is 17.2. The molecule has 1 fully saturated rings. The number of hydrogen-bond donors (Lipinski definition) is 1. The molecule has 0 bridgehead atoms. The summed E-state index contributed by atoms with van der Waals surface area (Å²) in [5.74, 6) is 0.569. The fourth-order valence-corrected chi connectivity index (χ4v) is 4.31. The zero-order valence-corrected chi connectivity index (χ0v) is 14.5. The van der Waals surface area contributed by atoms with Crippen LogP contribution in [0.15, 0.2) is 53.7 Å². The number of carbonyl (C=O) groups is 1. The van der Waals surface area contributed by atoms with Crippen LogP contribution in [0, 0.1) is 0 Å². The van der Waals surface area contributed by atoms with E-state index in [1.807, 2.05) is 17.0 Å². The number of rotatable bonds is 5. The Hall–Kier alpha value is -1.90. The van der Waals surface area contributed by atoms with Gasteiger partial charge in [-0.3, -0.25) is 9.78 Å². The third kappa shape index (κ3) is 3.77. The van der Waals surface area contributed by atoms with Crippen molar-refractivity contribution >= 4 is 27.7 Å². The van der Waals surface area contributed by atoms with Crippen LogP contribution in [0.2, 0.25) is 0 Å². The smallest absolute Gasteiger partial charge is 0.238 e. The maximum Gasteiger partial charge on any atom is 0.238 e. The molecule has 1 aromatic heterocycles. The van der Waals surface area contributed by atoms with Crippen LogP contribution in [0.3, 0.4) is 0 Å². The second kappa shape index (κ2) is 6.92. The Morgan fingerprint density at radius 1 is 1.25 bits per heavy atom. The minimum atomic E-state index is -3.68. The summed E-state index contributed by atoms with van der Waals surface area (Å²) in [6.45, 7) is 0.570. The van der Waals surface area contributed by atoms with Gasteiger partial charge in [-0.2, -0.15) is 0 Å². The molecule has 1 unspecified atom stereocenters. The van der Waals surface area contributed by atoms with Gasteiger partial charge >= 0.3 is 0 Å². The standard InChI is InChI=1S/C16H17N3O3S2/c17-24(21,22)14-5-3-12(4-6-14)7-9-19-15(20)11-23-16(19)13-2-1-8-18-10-13/h1-6,8,10,16H,7,9,11H2,(H2,17,21,22). The second-order valence-electron chi connectivity index (χ2n) is 5.48. The van der Waals surface area contributed by atoms with Crippen LogP contribution in [-0.2, 0) is 21.2 Å². The van der Waals surface area contributed by atoms with Gasteiger partial charge in [-0.1, -0.05) is 18.2 Å². The summed E-state index contributed by atoms with van der Waals surface area (Å²) in [5.41, 5.74) is 1.97. The number of benzene rings is 1. The SMILES string of the molecule is NS(=O)(=O)c1ccc(CCN2C(=O)CSC2c2cccnc2)cc1. The Morgan fingerprint density at radius 2 is 2.00 bits per heavy atom. The summed E-state index contributed by atoms with van der Waals surface area (Å²) < 4.78 is 22.5. The molecule has 1 aliphatic heterocycles. The summed E-state index contributed by atoms with van der Waals surface area (Å²) >= 11 is 1.59. The van der Waals surface area contributed by atoms with E-state index >= 15 is 0 Å². The van der Waals surface area contributed by atoms with Gasteiger partial charge in [-0.15, -0.1) is 11.8 Å². The minimum absolute atomic E-state index is 0.0186. The van der Waals surface area contributed by atoms with Crippen molar-refractivity contribution in [1.82, 2.24) is 9.88 Å². The fraction of sp³-hybridized carbons (Fsp3) is 0.250. The molecule has 126 valence electrons. The highest BCUT2D eigenvalue weighted by atomic mass is 32.2. The highest BCUT2D eigenvalue weighted by molar-refractivity contribution is 8.00. The molecule has 2 N–H and O–H groups in total. The first-order chi connectivity index (χ1) is 11.4. The third-order valence-corrected chi connectivity index (χ3v) is 6.02. The van der Waals surface area contributed by atoms with Gasteiger partial charge in [-0.25, -0.2) is 13.6 Å². The first-order valence-corrected chi connectivity index (χ1v) is 9.97. The number of thioether (sulfide) groups is 1. The number of nitrogens with zero attached hydrogens (tertiary/aromatic N) is 2. The number of carbonyl (C=O) groups excluding carboxylic acids is 1. The molecule has 2 heterocycles. The molecule has 0 radical (unpaired) electrons. The van der Waals surface area contributed by atoms with E-state index in [1.54, 1.807) is 36.3 Å². The van der Waals surface area contributed by atoms with Crippen molar-refractivity contribution in [3.63, 3.8) is 0 Å². The van der Waals surface area contributed by atoms with E-state index in [9.17, 15) is 13.2 Å². The largest absolute Gasteiger partial charge is 0.325 e. The lowest BCUT2D eigenvalue weighted by Crippen LogP contribution is -2.30. The molecule has 8 heteroatoms. The average Bonchev–Trinajstić information content (AvgIpc) is 2.94. The quantitative estimate of drug-likeness (QED) is 0.870. The van der Waals surface area contributed by atoms with Gasteiger partial charge in [0.2, 0.25) is 15.9 Å². The van der Waals surface area contributed by atoms with Crippen LogP contribution in [0.25, 0.3) is 0 Å². The molecule has 0 aliphatic carbocycles. The summed E-state index contributed by atoms with van der Waals surface area (Å²) in [7, 11) is -3.68. The van der Waals surface area contributed by atoms with Crippen LogP contribution in [-0.4, -0.2) is 36.5 Å². The van der Waals surface area contributed by atoms with Gasteiger partial charge in [0, 0.05) is 24.5 Å². The third-order valence-electron chi connectivity index (χ3n) is 3.83. The van der Waals surface area contributed by atoms with Gasteiger partial charge in [0.1, 0.15) is 5.37 Å². The van der Waals surface area contributed by atoms with Gasteiger partial charge in [0.15, 0.2) is 0 Å². The van der Waals surface area contributed by atoms with E-state index in [-0.39, 0.29) is 16.2 Å². The molecule has 1 aromatic carbocycles. The minimum Gasteiger partial charge on any atom is -0.325 e. The van der Waals surface area contributed by atoms with Crippen molar-refractivity contribution in [2.24, 2.45) is 5.14 Å². The first-order valence-electron chi connectivity index (χ1n) is 7.38. The number of primary sulfonamides is 1. The van der Waals surface area contributed by atoms with Crippen molar-refractivity contribution in [2.75, 3.05) is 12.3 Å². The molecule has 6 nitrogen and oxygen atoms in total. The summed E-state index contributed by atoms with van der Waals surface area (Å²) in [4.78, 5) is 18.2. The highest BCUT2D eigenvalue weighted by Crippen LogP contribution is 2.38. The molecule has 0 spiro atoms. The summed E-state index contributed by atoms with van der Waals surface area (Å²) in [5, 5.41) is 5.07. The maximum absolute atomic E-state index is 12.2. The Balaban J connectivity index is 1.69. The van der Waals surface area contributed by atoms with Gasteiger partial charge in [0.05, 0.1) is 10.6 Å². The van der Waals surface area contributed by atoms with E-state index in [2.05, 4.69) is 4.98 Å². The summed E-state index contributed by atoms with van der Waals surface area (Å²) in [6.07, 6.45) is 4.14. The van der Waals surface area contributed by atoms with E-state index < -0.39 is 10.0 Å². The normalized spacial score (nSPS) is 18.1. The van der Waals surface area contributed by atoms with Crippen LogP contribution in [0.1, 0.15) is 16.5 Å². The number of aromatic nitrogens is 1. The van der Waals surface area contributed by atoms with Crippen molar-refractivity contribution < 1.29 is 13.2 Å². The molecule has 1 saturated heterocycles. The lowest BCUT2D eigenvalue weighted by Gasteiger charge is -2.24. The maximum atomic E-state index is 12.2. The number of sulfonamides is 1. The topological polar surface area (TPSA) is 93.4 Å². The lowest BCUT2D eigenvalue weighted by atomic mass is 10.1. The van der Waals surface area contributed by atoms with Crippen LogP contribution < -0.4 is 5.14 Å². The molecule has 3 rings (SSSR count). The van der Waals surface area contributed by atoms with Crippen LogP contribution in [0.4, 0.5) is 0 Å². The average molecular weight is 363 g/mol. The number of nitrogens with two attached hydrogens (primary N) is 1. The van der Waals surface area contributed by atoms with E-state index in [1.165, 1.54) is 12.1 Å². The van der Waals surface area contributed by atoms with Crippen LogP contribution in [0.5, 0.6) is 0 Å². The number of amides is 1. The molecular formula is C16H17N3O3S2. The van der Waals surface area contributed by atoms with Crippen LogP contribution >= 0.6 is 11.8 Å². The van der Waals surface area contributed by atoms with Crippen molar-refractivity contribution in [1.29, 1.82) is 0 Å². The van der Waals surface area contributed by atoms with E-state index in [0.717, 1.165) is 11.1 Å². The molecule has 1 amide bonds. The molecule has 24 heavy (non-hydrogen) atoms. The van der Waals surface area contributed by atoms with Crippen molar-refractivity contribution in [3.05, 3.63) is 59.9 Å². The first kappa shape index (κ1) is 16.9.